The maximum absolute atomic E-state index is 12.5. The standard InChI is InChI=1S/C24H28N6O4/c25-24-28-20-6-5-19(27-21(20)23(29-24)34-18-7-12-33-15-18)16-1-3-17(4-2-16)22(31)26-8-9-30-10-13-32-14-11-30/h1-6,18H,7-15H2,(H,26,31)(H2,25,28,29)/t18-/m0/s1. The molecule has 2 aromatic heterocycles. The number of anilines is 1. The van der Waals surface area contributed by atoms with Gasteiger partial charge >= 0.3 is 0 Å². The van der Waals surface area contributed by atoms with Crippen molar-refractivity contribution in [1.82, 2.24) is 25.2 Å². The van der Waals surface area contributed by atoms with Crippen molar-refractivity contribution < 1.29 is 19.0 Å². The summed E-state index contributed by atoms with van der Waals surface area (Å²) in [5.41, 5.74) is 9.23. The number of nitrogens with one attached hydrogen (secondary N) is 1. The molecule has 34 heavy (non-hydrogen) atoms. The van der Waals surface area contributed by atoms with Crippen LogP contribution in [-0.4, -0.2) is 84.5 Å². The molecule has 1 amide bonds. The summed E-state index contributed by atoms with van der Waals surface area (Å²) >= 11 is 0. The van der Waals surface area contributed by atoms with Crippen molar-refractivity contribution in [2.24, 2.45) is 0 Å². The molecule has 1 aromatic carbocycles. The first kappa shape index (κ1) is 22.5. The van der Waals surface area contributed by atoms with Crippen molar-refractivity contribution in [3.05, 3.63) is 42.0 Å². The van der Waals surface area contributed by atoms with Gasteiger partial charge in [-0.2, -0.15) is 4.98 Å². The van der Waals surface area contributed by atoms with Crippen LogP contribution in [0.3, 0.4) is 0 Å². The number of carbonyl (C=O) groups excluding carboxylic acids is 1. The molecule has 4 heterocycles. The summed E-state index contributed by atoms with van der Waals surface area (Å²) in [7, 11) is 0. The van der Waals surface area contributed by atoms with Gasteiger partial charge in [-0.05, 0) is 24.3 Å². The Morgan fingerprint density at radius 2 is 1.88 bits per heavy atom. The molecular weight excluding hydrogens is 436 g/mol. The number of aromatic nitrogens is 3. The quantitative estimate of drug-likeness (QED) is 0.535. The predicted octanol–water partition coefficient (Wildman–Crippen LogP) is 1.50. The Labute approximate surface area is 197 Å². The lowest BCUT2D eigenvalue weighted by molar-refractivity contribution is 0.0383. The molecule has 0 unspecified atom stereocenters. The number of ether oxygens (including phenoxy) is 3. The molecule has 178 valence electrons. The van der Waals surface area contributed by atoms with E-state index in [0.717, 1.165) is 50.5 Å². The van der Waals surface area contributed by atoms with Gasteiger partial charge in [0.15, 0.2) is 5.52 Å². The summed E-state index contributed by atoms with van der Waals surface area (Å²) in [5, 5.41) is 2.98. The zero-order valence-corrected chi connectivity index (χ0v) is 18.9. The van der Waals surface area contributed by atoms with Crippen molar-refractivity contribution in [2.45, 2.75) is 12.5 Å². The van der Waals surface area contributed by atoms with Gasteiger partial charge in [0.2, 0.25) is 11.8 Å². The minimum Gasteiger partial charge on any atom is -0.470 e. The van der Waals surface area contributed by atoms with Gasteiger partial charge < -0.3 is 25.3 Å². The van der Waals surface area contributed by atoms with Crippen molar-refractivity contribution >= 4 is 22.9 Å². The van der Waals surface area contributed by atoms with E-state index < -0.39 is 0 Å². The Morgan fingerprint density at radius 3 is 2.65 bits per heavy atom. The molecule has 1 atom stereocenters. The Bertz CT molecular complexity index is 1140. The Hall–Kier alpha value is -3.34. The minimum absolute atomic E-state index is 0.0796. The molecule has 3 N–H and O–H groups in total. The summed E-state index contributed by atoms with van der Waals surface area (Å²) in [6, 6.07) is 11.1. The third kappa shape index (κ3) is 5.24. The fraction of sp³-hybridized carbons (Fsp3) is 0.417. The molecule has 2 fully saturated rings. The van der Waals surface area contributed by atoms with Crippen molar-refractivity contribution in [3.8, 4) is 17.1 Å². The second-order valence-corrected chi connectivity index (χ2v) is 8.34. The Morgan fingerprint density at radius 1 is 1.06 bits per heavy atom. The summed E-state index contributed by atoms with van der Waals surface area (Å²) in [4.78, 5) is 28.1. The van der Waals surface area contributed by atoms with E-state index in [1.165, 1.54) is 0 Å². The molecule has 3 aromatic rings. The number of amides is 1. The van der Waals surface area contributed by atoms with Crippen LogP contribution < -0.4 is 15.8 Å². The molecule has 0 bridgehead atoms. The molecule has 0 radical (unpaired) electrons. The van der Waals surface area contributed by atoms with Crippen LogP contribution in [0.2, 0.25) is 0 Å². The largest absolute Gasteiger partial charge is 0.470 e. The number of nitrogens with zero attached hydrogens (tertiary/aromatic N) is 4. The number of carbonyl (C=O) groups is 1. The van der Waals surface area contributed by atoms with Crippen LogP contribution in [0.4, 0.5) is 5.95 Å². The average Bonchev–Trinajstić information content (AvgIpc) is 3.38. The zero-order chi connectivity index (χ0) is 23.3. The van der Waals surface area contributed by atoms with Gasteiger partial charge in [-0.1, -0.05) is 12.1 Å². The molecule has 10 heteroatoms. The summed E-state index contributed by atoms with van der Waals surface area (Å²) in [6.07, 6.45) is 0.713. The van der Waals surface area contributed by atoms with E-state index in [0.29, 0.717) is 42.2 Å². The van der Waals surface area contributed by atoms with Crippen LogP contribution >= 0.6 is 0 Å². The van der Waals surface area contributed by atoms with Crippen LogP contribution in [0, 0.1) is 0 Å². The Balaban J connectivity index is 1.28. The highest BCUT2D eigenvalue weighted by atomic mass is 16.5. The predicted molar refractivity (Wildman–Crippen MR) is 127 cm³/mol. The highest BCUT2D eigenvalue weighted by Gasteiger charge is 2.21. The van der Waals surface area contributed by atoms with Gasteiger partial charge in [-0.3, -0.25) is 9.69 Å². The average molecular weight is 465 g/mol. The SMILES string of the molecule is Nc1nc(O[C@H]2CCOC2)c2nc(-c3ccc(C(=O)NCCN4CCOCC4)cc3)ccc2n1. The van der Waals surface area contributed by atoms with Gasteiger partial charge in [0.1, 0.15) is 6.10 Å². The molecular formula is C24H28N6O4. The number of benzene rings is 1. The van der Waals surface area contributed by atoms with Crippen molar-refractivity contribution in [3.63, 3.8) is 0 Å². The zero-order valence-electron chi connectivity index (χ0n) is 18.9. The fourth-order valence-corrected chi connectivity index (χ4v) is 4.06. The Kier molecular flexibility index (Phi) is 6.79. The lowest BCUT2D eigenvalue weighted by atomic mass is 10.1. The second-order valence-electron chi connectivity index (χ2n) is 8.34. The molecule has 0 spiro atoms. The van der Waals surface area contributed by atoms with Gasteiger partial charge in [0.25, 0.3) is 5.91 Å². The van der Waals surface area contributed by atoms with E-state index in [1.807, 2.05) is 24.3 Å². The van der Waals surface area contributed by atoms with Crippen molar-refractivity contribution in [1.29, 1.82) is 0 Å². The van der Waals surface area contributed by atoms with Gasteiger partial charge in [0, 0.05) is 43.7 Å². The smallest absolute Gasteiger partial charge is 0.251 e. The third-order valence-corrected chi connectivity index (χ3v) is 5.95. The van der Waals surface area contributed by atoms with E-state index >= 15 is 0 Å². The molecule has 2 aliphatic rings. The maximum atomic E-state index is 12.5. The van der Waals surface area contributed by atoms with E-state index in [1.54, 1.807) is 12.1 Å². The number of pyridine rings is 1. The number of hydrogen-bond acceptors (Lipinski definition) is 9. The lowest BCUT2D eigenvalue weighted by Gasteiger charge is -2.26. The molecule has 2 aliphatic heterocycles. The van der Waals surface area contributed by atoms with Crippen molar-refractivity contribution in [2.75, 3.05) is 58.3 Å². The first-order valence-corrected chi connectivity index (χ1v) is 11.5. The number of nitrogens with two attached hydrogens (primary N) is 1. The van der Waals surface area contributed by atoms with Gasteiger partial charge in [-0.15, -0.1) is 0 Å². The first-order chi connectivity index (χ1) is 16.7. The highest BCUT2D eigenvalue weighted by Crippen LogP contribution is 2.27. The topological polar surface area (TPSA) is 125 Å². The number of fused-ring (bicyclic) bond motifs is 1. The second kappa shape index (κ2) is 10.3. The van der Waals surface area contributed by atoms with E-state index in [4.69, 9.17) is 24.9 Å². The summed E-state index contributed by atoms with van der Waals surface area (Å²) in [6.45, 7) is 5.91. The normalized spacial score (nSPS) is 18.8. The monoisotopic (exact) mass is 464 g/mol. The van der Waals surface area contributed by atoms with Crippen LogP contribution in [0.15, 0.2) is 36.4 Å². The lowest BCUT2D eigenvalue weighted by Crippen LogP contribution is -2.41. The maximum Gasteiger partial charge on any atom is 0.251 e. The van der Waals surface area contributed by atoms with Gasteiger partial charge in [0.05, 0.1) is 37.6 Å². The molecule has 0 saturated carbocycles. The molecule has 5 rings (SSSR count). The third-order valence-electron chi connectivity index (χ3n) is 5.95. The van der Waals surface area contributed by atoms with E-state index in [9.17, 15) is 4.79 Å². The highest BCUT2D eigenvalue weighted by molar-refractivity contribution is 5.94. The first-order valence-electron chi connectivity index (χ1n) is 11.5. The van der Waals surface area contributed by atoms with Crippen LogP contribution in [0.1, 0.15) is 16.8 Å². The number of hydrogen-bond donors (Lipinski definition) is 2. The number of morpholine rings is 1. The molecule has 0 aliphatic carbocycles. The van der Waals surface area contributed by atoms with E-state index in [2.05, 4.69) is 20.2 Å². The number of rotatable bonds is 7. The van der Waals surface area contributed by atoms with Crippen LogP contribution in [0.25, 0.3) is 22.3 Å². The van der Waals surface area contributed by atoms with Crippen LogP contribution in [0.5, 0.6) is 5.88 Å². The summed E-state index contributed by atoms with van der Waals surface area (Å²) in [5.74, 6) is 0.403. The summed E-state index contributed by atoms with van der Waals surface area (Å²) < 4.78 is 16.8. The van der Waals surface area contributed by atoms with Crippen LogP contribution in [-0.2, 0) is 9.47 Å². The molecule has 2 saturated heterocycles. The number of nitrogen functional groups attached to an aromatic ring is 1. The minimum atomic E-state index is -0.0929. The van der Waals surface area contributed by atoms with E-state index in [-0.39, 0.29) is 18.0 Å². The molecule has 10 nitrogen and oxygen atoms in total. The van der Waals surface area contributed by atoms with Gasteiger partial charge in [-0.25, -0.2) is 9.97 Å². The fourth-order valence-electron chi connectivity index (χ4n) is 4.06.